The molecule has 0 radical (unpaired) electrons. The minimum Gasteiger partial charge on any atom is -0.355 e. The molecule has 2 fully saturated rings. The quantitative estimate of drug-likeness (QED) is 0.328. The smallest absolute Gasteiger partial charge is 0.355 e. The molecule has 3 aromatic heterocycles. The number of aromatic amines is 1. The first-order valence-electron chi connectivity index (χ1n) is 12.5. The lowest BCUT2D eigenvalue weighted by Gasteiger charge is -2.26. The number of alkyl halides is 3. The van der Waals surface area contributed by atoms with Gasteiger partial charge in [-0.1, -0.05) is 24.3 Å². The second kappa shape index (κ2) is 8.40. The van der Waals surface area contributed by atoms with Crippen molar-refractivity contribution < 1.29 is 17.6 Å². The van der Waals surface area contributed by atoms with Crippen LogP contribution in [0.15, 0.2) is 54.9 Å². The monoisotopic (exact) mass is 534 g/mol. The van der Waals surface area contributed by atoms with E-state index < -0.39 is 12.0 Å². The number of halogens is 4. The van der Waals surface area contributed by atoms with Crippen molar-refractivity contribution in [3.63, 3.8) is 0 Å². The van der Waals surface area contributed by atoms with E-state index in [1.807, 2.05) is 12.1 Å². The fourth-order valence-electron chi connectivity index (χ4n) is 6.30. The number of fused-ring (bicyclic) bond motifs is 3. The normalized spacial score (nSPS) is 22.8. The highest BCUT2D eigenvalue weighted by Crippen LogP contribution is 2.63. The first kappa shape index (κ1) is 23.9. The first-order valence-corrected chi connectivity index (χ1v) is 12.5. The zero-order valence-corrected chi connectivity index (χ0v) is 20.5. The van der Waals surface area contributed by atoms with Crippen molar-refractivity contribution in [1.29, 1.82) is 0 Å². The lowest BCUT2D eigenvalue weighted by Crippen LogP contribution is -2.32. The van der Waals surface area contributed by atoms with E-state index in [4.69, 9.17) is 10.7 Å². The molecule has 0 spiro atoms. The van der Waals surface area contributed by atoms with Gasteiger partial charge in [-0.2, -0.15) is 18.3 Å². The van der Waals surface area contributed by atoms with Gasteiger partial charge in [0.15, 0.2) is 5.65 Å². The van der Waals surface area contributed by atoms with E-state index in [1.165, 1.54) is 12.1 Å². The highest BCUT2D eigenvalue weighted by Gasteiger charge is 2.66. The fraction of sp³-hybridized carbons (Fsp3) is 0.296. The minimum atomic E-state index is -4.61. The molecule has 1 aliphatic carbocycles. The summed E-state index contributed by atoms with van der Waals surface area (Å²) in [7, 11) is 0. The summed E-state index contributed by atoms with van der Waals surface area (Å²) in [5.74, 6) is -0.153. The van der Waals surface area contributed by atoms with E-state index >= 15 is 0 Å². The zero-order chi connectivity index (χ0) is 26.9. The third-order valence-electron chi connectivity index (χ3n) is 8.23. The Bertz CT molecular complexity index is 1730. The summed E-state index contributed by atoms with van der Waals surface area (Å²) in [5, 5.41) is 7.75. The maximum atomic E-state index is 14.7. The summed E-state index contributed by atoms with van der Waals surface area (Å²) < 4.78 is 53.6. The summed E-state index contributed by atoms with van der Waals surface area (Å²) in [4.78, 5) is 18.6. The number of nitrogens with one attached hydrogen (secondary N) is 1. The molecule has 7 rings (SSSR count). The molecule has 3 N–H and O–H groups in total. The SMILES string of the molecule is NC[C@]1(c2ccccc2F)[C@@H]2CCN(c3cnc4c(-c5ccc6nc(C(F)(F)F)ncc6c5)n[nH]c4n3)C[C@@H]21. The molecule has 2 aliphatic rings. The van der Waals surface area contributed by atoms with Crippen LogP contribution >= 0.6 is 0 Å². The van der Waals surface area contributed by atoms with Gasteiger partial charge in [-0.25, -0.2) is 24.3 Å². The van der Waals surface area contributed by atoms with Gasteiger partial charge in [0, 0.05) is 42.2 Å². The Kier molecular flexibility index (Phi) is 5.15. The highest BCUT2D eigenvalue weighted by molar-refractivity contribution is 5.91. The largest absolute Gasteiger partial charge is 0.451 e. The number of hydrogen-bond acceptors (Lipinski definition) is 7. The van der Waals surface area contributed by atoms with Crippen molar-refractivity contribution >= 4 is 27.9 Å². The van der Waals surface area contributed by atoms with Gasteiger partial charge < -0.3 is 10.6 Å². The van der Waals surface area contributed by atoms with Crippen molar-refractivity contribution in [3.8, 4) is 11.3 Å². The highest BCUT2D eigenvalue weighted by atomic mass is 19.4. The van der Waals surface area contributed by atoms with Gasteiger partial charge in [0.25, 0.3) is 0 Å². The zero-order valence-electron chi connectivity index (χ0n) is 20.5. The van der Waals surface area contributed by atoms with E-state index in [2.05, 4.69) is 30.0 Å². The summed E-state index contributed by atoms with van der Waals surface area (Å²) in [6.07, 6.45) is -0.898. The van der Waals surface area contributed by atoms with Crippen LogP contribution in [-0.2, 0) is 11.6 Å². The van der Waals surface area contributed by atoms with Crippen molar-refractivity contribution in [3.05, 3.63) is 72.1 Å². The summed E-state index contributed by atoms with van der Waals surface area (Å²) >= 11 is 0. The molecule has 0 unspecified atom stereocenters. The Hall–Kier alpha value is -4.19. The van der Waals surface area contributed by atoms with Crippen LogP contribution in [0.2, 0.25) is 0 Å². The van der Waals surface area contributed by atoms with Gasteiger partial charge in [0.1, 0.15) is 22.8 Å². The third kappa shape index (κ3) is 3.65. The standard InChI is InChI=1S/C27H22F4N8/c28-19-4-2-1-3-17(19)26(13-32)16-7-8-39(12-18(16)26)21-11-33-23-22(37-38-24(23)36-21)14-5-6-20-15(9-14)10-34-25(35-20)27(29,30)31/h1-6,9-11,16,18H,7-8,12-13,32H2,(H,36,37,38)/t16-,18+,26-/m1/s1. The number of nitrogens with zero attached hydrogens (tertiary/aromatic N) is 6. The number of rotatable bonds is 4. The van der Waals surface area contributed by atoms with Crippen molar-refractivity contribution in [2.75, 3.05) is 24.5 Å². The van der Waals surface area contributed by atoms with Crippen LogP contribution in [0.1, 0.15) is 17.8 Å². The molecule has 1 saturated carbocycles. The number of aromatic nitrogens is 6. The number of piperidine rings is 1. The van der Waals surface area contributed by atoms with Gasteiger partial charge in [-0.3, -0.25) is 5.10 Å². The van der Waals surface area contributed by atoms with E-state index in [0.717, 1.165) is 19.2 Å². The number of hydrogen-bond donors (Lipinski definition) is 2. The summed E-state index contributed by atoms with van der Waals surface area (Å²) in [6, 6.07) is 11.7. The van der Waals surface area contributed by atoms with Crippen molar-refractivity contribution in [2.24, 2.45) is 17.6 Å². The maximum Gasteiger partial charge on any atom is 0.451 e. The lowest BCUT2D eigenvalue weighted by atomic mass is 9.91. The average Bonchev–Trinajstić information content (AvgIpc) is 3.39. The molecule has 2 aromatic carbocycles. The molecule has 1 saturated heterocycles. The molecule has 0 bridgehead atoms. The van der Waals surface area contributed by atoms with Crippen LogP contribution in [-0.4, -0.2) is 49.8 Å². The number of nitrogens with two attached hydrogens (primary N) is 1. The topological polar surface area (TPSA) is 110 Å². The van der Waals surface area contributed by atoms with E-state index in [-0.39, 0.29) is 22.7 Å². The predicted molar refractivity (Wildman–Crippen MR) is 136 cm³/mol. The van der Waals surface area contributed by atoms with Crippen molar-refractivity contribution in [2.45, 2.75) is 18.0 Å². The molecular weight excluding hydrogens is 512 g/mol. The fourth-order valence-corrected chi connectivity index (χ4v) is 6.30. The van der Waals surface area contributed by atoms with E-state index in [1.54, 1.807) is 24.4 Å². The number of anilines is 1. The summed E-state index contributed by atoms with van der Waals surface area (Å²) in [6.45, 7) is 1.84. The van der Waals surface area contributed by atoms with Gasteiger partial charge in [-0.05, 0) is 42.0 Å². The van der Waals surface area contributed by atoms with Crippen LogP contribution in [0.3, 0.4) is 0 Å². The Morgan fingerprint density at radius 2 is 1.90 bits per heavy atom. The molecule has 39 heavy (non-hydrogen) atoms. The molecule has 5 aromatic rings. The molecular formula is C27H22F4N8. The second-order valence-corrected chi connectivity index (χ2v) is 10.1. The molecule has 12 heteroatoms. The molecule has 198 valence electrons. The van der Waals surface area contributed by atoms with Gasteiger partial charge in [-0.15, -0.1) is 0 Å². The van der Waals surface area contributed by atoms with Gasteiger partial charge >= 0.3 is 6.18 Å². The van der Waals surface area contributed by atoms with Gasteiger partial charge in [0.2, 0.25) is 5.82 Å². The Morgan fingerprint density at radius 1 is 1.05 bits per heavy atom. The van der Waals surface area contributed by atoms with Crippen LogP contribution in [0, 0.1) is 17.7 Å². The Morgan fingerprint density at radius 3 is 2.69 bits per heavy atom. The van der Waals surface area contributed by atoms with Gasteiger partial charge in [0.05, 0.1) is 11.7 Å². The predicted octanol–water partition coefficient (Wildman–Crippen LogP) is 4.47. The number of H-pyrrole nitrogens is 1. The summed E-state index contributed by atoms with van der Waals surface area (Å²) in [5.41, 5.74) is 8.93. The minimum absolute atomic E-state index is 0.182. The van der Waals surface area contributed by atoms with Crippen LogP contribution in [0.25, 0.3) is 33.3 Å². The maximum absolute atomic E-state index is 14.7. The Labute approximate surface area is 219 Å². The first-order chi connectivity index (χ1) is 18.8. The van der Waals surface area contributed by atoms with Crippen molar-refractivity contribution in [1.82, 2.24) is 30.1 Å². The van der Waals surface area contributed by atoms with Crippen LogP contribution in [0.5, 0.6) is 0 Å². The average molecular weight is 535 g/mol. The molecule has 3 atom stereocenters. The van der Waals surface area contributed by atoms with E-state index in [9.17, 15) is 17.6 Å². The van der Waals surface area contributed by atoms with E-state index in [0.29, 0.717) is 58.2 Å². The third-order valence-corrected chi connectivity index (χ3v) is 8.23. The molecule has 4 heterocycles. The molecule has 0 amide bonds. The molecule has 8 nitrogen and oxygen atoms in total. The lowest BCUT2D eigenvalue weighted by molar-refractivity contribution is -0.144. The van der Waals surface area contributed by atoms with Crippen LogP contribution < -0.4 is 10.6 Å². The van der Waals surface area contributed by atoms with Crippen LogP contribution in [0.4, 0.5) is 23.4 Å². The second-order valence-electron chi connectivity index (χ2n) is 10.1. The number of benzene rings is 2. The Balaban J connectivity index is 1.16. The molecule has 1 aliphatic heterocycles.